The van der Waals surface area contributed by atoms with E-state index in [-0.39, 0.29) is 6.04 Å². The van der Waals surface area contributed by atoms with Gasteiger partial charge in [0.05, 0.1) is 12.2 Å². The SMILES string of the molecule is NC(c1ccccc1)c1nnc(-c2cn[nH]n2)s1. The third-order valence-corrected chi connectivity index (χ3v) is 3.53. The molecule has 2 aromatic heterocycles. The summed E-state index contributed by atoms with van der Waals surface area (Å²) in [6, 6.07) is 9.55. The van der Waals surface area contributed by atoms with E-state index >= 15 is 0 Å². The van der Waals surface area contributed by atoms with Crippen molar-refractivity contribution < 1.29 is 0 Å². The fourth-order valence-electron chi connectivity index (χ4n) is 1.57. The molecule has 0 aliphatic carbocycles. The molecular formula is C11H10N6S. The first-order valence-electron chi connectivity index (χ1n) is 5.34. The summed E-state index contributed by atoms with van der Waals surface area (Å²) in [5, 5.41) is 19.9. The number of benzene rings is 1. The molecule has 18 heavy (non-hydrogen) atoms. The van der Waals surface area contributed by atoms with Gasteiger partial charge in [-0.1, -0.05) is 41.7 Å². The molecule has 3 aromatic rings. The van der Waals surface area contributed by atoms with Gasteiger partial charge in [0, 0.05) is 0 Å². The average molecular weight is 258 g/mol. The highest BCUT2D eigenvalue weighted by atomic mass is 32.1. The van der Waals surface area contributed by atoms with E-state index in [9.17, 15) is 0 Å². The second-order valence-corrected chi connectivity index (χ2v) is 4.70. The van der Waals surface area contributed by atoms with Crippen molar-refractivity contribution in [3.05, 3.63) is 47.1 Å². The molecule has 3 rings (SSSR count). The van der Waals surface area contributed by atoms with E-state index in [1.54, 1.807) is 6.20 Å². The van der Waals surface area contributed by atoms with Crippen LogP contribution in [0.25, 0.3) is 10.7 Å². The van der Waals surface area contributed by atoms with Crippen LogP contribution in [0.5, 0.6) is 0 Å². The van der Waals surface area contributed by atoms with Crippen LogP contribution in [0, 0.1) is 0 Å². The van der Waals surface area contributed by atoms with Gasteiger partial charge in [-0.3, -0.25) is 0 Å². The van der Waals surface area contributed by atoms with Gasteiger partial charge < -0.3 is 5.73 Å². The Kier molecular flexibility index (Phi) is 2.83. The maximum Gasteiger partial charge on any atom is 0.169 e. The molecule has 7 heteroatoms. The third-order valence-electron chi connectivity index (χ3n) is 2.50. The Morgan fingerprint density at radius 3 is 2.72 bits per heavy atom. The molecule has 1 atom stereocenters. The molecule has 0 bridgehead atoms. The molecule has 90 valence electrons. The molecule has 0 spiro atoms. The number of nitrogens with two attached hydrogens (primary N) is 1. The van der Waals surface area contributed by atoms with Gasteiger partial charge in [-0.05, 0) is 5.56 Å². The molecule has 0 saturated heterocycles. The Balaban J connectivity index is 1.90. The van der Waals surface area contributed by atoms with Gasteiger partial charge in [-0.15, -0.1) is 10.2 Å². The molecular weight excluding hydrogens is 248 g/mol. The molecule has 0 aliphatic rings. The Hall–Kier alpha value is -2.12. The quantitative estimate of drug-likeness (QED) is 0.740. The minimum atomic E-state index is -0.260. The zero-order valence-electron chi connectivity index (χ0n) is 9.32. The summed E-state index contributed by atoms with van der Waals surface area (Å²) in [4.78, 5) is 0. The standard InChI is InChI=1S/C11H10N6S/c12-9(7-4-2-1-3-5-7)11-16-15-10(18-11)8-6-13-17-14-8/h1-6,9H,12H2,(H,13,14,17). The largest absolute Gasteiger partial charge is 0.318 e. The van der Waals surface area contributed by atoms with Crippen LogP contribution in [0.1, 0.15) is 16.6 Å². The summed E-state index contributed by atoms with van der Waals surface area (Å²) in [5.41, 5.74) is 7.84. The highest BCUT2D eigenvalue weighted by Gasteiger charge is 2.16. The first-order valence-corrected chi connectivity index (χ1v) is 6.16. The number of nitrogens with zero attached hydrogens (tertiary/aromatic N) is 4. The first kappa shape index (κ1) is 11.0. The number of hydrogen-bond acceptors (Lipinski definition) is 6. The summed E-state index contributed by atoms with van der Waals surface area (Å²) in [6.07, 6.45) is 1.61. The number of rotatable bonds is 3. The molecule has 0 fully saturated rings. The lowest BCUT2D eigenvalue weighted by Gasteiger charge is -2.06. The van der Waals surface area contributed by atoms with Crippen LogP contribution >= 0.6 is 11.3 Å². The van der Waals surface area contributed by atoms with E-state index in [4.69, 9.17) is 5.73 Å². The zero-order valence-corrected chi connectivity index (χ0v) is 10.1. The van der Waals surface area contributed by atoms with Crippen LogP contribution in [0.2, 0.25) is 0 Å². The Morgan fingerprint density at radius 2 is 2.00 bits per heavy atom. The van der Waals surface area contributed by atoms with Crippen molar-refractivity contribution in [2.75, 3.05) is 0 Å². The predicted molar refractivity (Wildman–Crippen MR) is 67.8 cm³/mol. The number of hydrogen-bond donors (Lipinski definition) is 2. The van der Waals surface area contributed by atoms with Crippen molar-refractivity contribution in [2.45, 2.75) is 6.04 Å². The number of aromatic nitrogens is 5. The van der Waals surface area contributed by atoms with Crippen LogP contribution in [0.15, 0.2) is 36.5 Å². The van der Waals surface area contributed by atoms with Crippen molar-refractivity contribution in [1.29, 1.82) is 0 Å². The molecule has 0 aliphatic heterocycles. The molecule has 0 radical (unpaired) electrons. The minimum Gasteiger partial charge on any atom is -0.318 e. The summed E-state index contributed by atoms with van der Waals surface area (Å²) in [6.45, 7) is 0. The maximum absolute atomic E-state index is 6.15. The average Bonchev–Trinajstić information content (AvgIpc) is 3.09. The lowest BCUT2D eigenvalue weighted by molar-refractivity contribution is 0.830. The van der Waals surface area contributed by atoms with Crippen LogP contribution in [-0.2, 0) is 0 Å². The first-order chi connectivity index (χ1) is 8.84. The van der Waals surface area contributed by atoms with Crippen LogP contribution in [-0.4, -0.2) is 25.6 Å². The summed E-state index contributed by atoms with van der Waals surface area (Å²) in [7, 11) is 0. The van der Waals surface area contributed by atoms with E-state index in [1.807, 2.05) is 30.3 Å². The molecule has 6 nitrogen and oxygen atoms in total. The highest BCUT2D eigenvalue weighted by molar-refractivity contribution is 7.14. The minimum absolute atomic E-state index is 0.260. The second kappa shape index (κ2) is 4.63. The molecule has 0 saturated carbocycles. The van der Waals surface area contributed by atoms with Gasteiger partial charge in [-0.25, -0.2) is 0 Å². The Bertz CT molecular complexity index is 618. The van der Waals surface area contributed by atoms with E-state index < -0.39 is 0 Å². The van der Waals surface area contributed by atoms with Crippen molar-refractivity contribution in [3.8, 4) is 10.7 Å². The van der Waals surface area contributed by atoms with Gasteiger partial charge in [0.2, 0.25) is 0 Å². The third kappa shape index (κ3) is 2.01. The van der Waals surface area contributed by atoms with E-state index in [0.29, 0.717) is 10.7 Å². The smallest absolute Gasteiger partial charge is 0.169 e. The molecule has 2 heterocycles. The van der Waals surface area contributed by atoms with Crippen molar-refractivity contribution in [2.24, 2.45) is 5.73 Å². The fourth-order valence-corrected chi connectivity index (χ4v) is 2.40. The highest BCUT2D eigenvalue weighted by Crippen LogP contribution is 2.26. The number of aromatic amines is 1. The lowest BCUT2D eigenvalue weighted by atomic mass is 10.1. The monoisotopic (exact) mass is 258 g/mol. The zero-order chi connectivity index (χ0) is 12.4. The van der Waals surface area contributed by atoms with E-state index in [0.717, 1.165) is 10.6 Å². The van der Waals surface area contributed by atoms with Gasteiger partial charge in [0.1, 0.15) is 10.7 Å². The maximum atomic E-state index is 6.15. The number of H-pyrrole nitrogens is 1. The predicted octanol–water partition coefficient (Wildman–Crippen LogP) is 1.37. The molecule has 3 N–H and O–H groups in total. The second-order valence-electron chi connectivity index (χ2n) is 3.69. The van der Waals surface area contributed by atoms with Crippen LogP contribution in [0.4, 0.5) is 0 Å². The summed E-state index contributed by atoms with van der Waals surface area (Å²) in [5.74, 6) is 0. The van der Waals surface area contributed by atoms with Gasteiger partial charge in [0.25, 0.3) is 0 Å². The van der Waals surface area contributed by atoms with E-state index in [2.05, 4.69) is 25.6 Å². The van der Waals surface area contributed by atoms with Crippen molar-refractivity contribution in [3.63, 3.8) is 0 Å². The lowest BCUT2D eigenvalue weighted by Crippen LogP contribution is -2.11. The molecule has 1 aromatic carbocycles. The van der Waals surface area contributed by atoms with Crippen LogP contribution in [0.3, 0.4) is 0 Å². The van der Waals surface area contributed by atoms with E-state index in [1.165, 1.54) is 11.3 Å². The Morgan fingerprint density at radius 1 is 1.17 bits per heavy atom. The van der Waals surface area contributed by atoms with Gasteiger partial charge in [0.15, 0.2) is 5.01 Å². The normalized spacial score (nSPS) is 12.5. The Labute approximate surface area is 107 Å². The van der Waals surface area contributed by atoms with Gasteiger partial charge >= 0.3 is 0 Å². The summed E-state index contributed by atoms with van der Waals surface area (Å²) >= 11 is 1.42. The topological polar surface area (TPSA) is 93.4 Å². The fraction of sp³-hybridized carbons (Fsp3) is 0.0909. The molecule has 1 unspecified atom stereocenters. The van der Waals surface area contributed by atoms with Gasteiger partial charge in [-0.2, -0.15) is 15.4 Å². The van der Waals surface area contributed by atoms with Crippen molar-refractivity contribution >= 4 is 11.3 Å². The number of nitrogens with one attached hydrogen (secondary N) is 1. The van der Waals surface area contributed by atoms with Crippen molar-refractivity contribution in [1.82, 2.24) is 25.6 Å². The summed E-state index contributed by atoms with van der Waals surface area (Å²) < 4.78 is 0. The molecule has 0 amide bonds. The van der Waals surface area contributed by atoms with Crippen LogP contribution < -0.4 is 5.73 Å².